The van der Waals surface area contributed by atoms with Gasteiger partial charge in [-0.3, -0.25) is 0 Å². The van der Waals surface area contributed by atoms with Crippen LogP contribution < -0.4 is 4.90 Å². The highest BCUT2D eigenvalue weighted by Crippen LogP contribution is 2.35. The second kappa shape index (κ2) is 6.80. The fourth-order valence-electron chi connectivity index (χ4n) is 3.08. The standard InChI is InChI=1S/C20H24N2/c1-3-21(4-2)15-16-22-19-11-7-5-9-17(19)13-14-18-10-6-8-12-20(18)22/h5-14H,3-4,15-16H2,1-2H3. The van der Waals surface area contributed by atoms with Crippen LogP contribution in [0.25, 0.3) is 12.2 Å². The molecule has 2 nitrogen and oxygen atoms in total. The summed E-state index contributed by atoms with van der Waals surface area (Å²) in [5, 5.41) is 0. The zero-order valence-corrected chi connectivity index (χ0v) is 13.5. The van der Waals surface area contributed by atoms with Crippen LogP contribution in [0.5, 0.6) is 0 Å². The van der Waals surface area contributed by atoms with Crippen LogP contribution in [0.3, 0.4) is 0 Å². The third-order valence-corrected chi connectivity index (χ3v) is 4.43. The van der Waals surface area contributed by atoms with Crippen LogP contribution in [0.15, 0.2) is 48.5 Å². The third kappa shape index (κ3) is 2.93. The third-order valence-electron chi connectivity index (χ3n) is 4.43. The zero-order chi connectivity index (χ0) is 15.4. The minimum absolute atomic E-state index is 1.01. The van der Waals surface area contributed by atoms with Gasteiger partial charge in [-0.15, -0.1) is 0 Å². The second-order valence-corrected chi connectivity index (χ2v) is 5.63. The molecule has 0 fully saturated rings. The molecule has 2 aromatic rings. The maximum absolute atomic E-state index is 2.48. The lowest BCUT2D eigenvalue weighted by atomic mass is 10.1. The molecule has 0 aromatic heterocycles. The van der Waals surface area contributed by atoms with Crippen LogP contribution >= 0.6 is 0 Å². The molecular weight excluding hydrogens is 268 g/mol. The Bertz CT molecular complexity index is 607. The van der Waals surface area contributed by atoms with Crippen molar-refractivity contribution >= 4 is 23.5 Å². The topological polar surface area (TPSA) is 6.48 Å². The van der Waals surface area contributed by atoms with Gasteiger partial charge in [-0.25, -0.2) is 0 Å². The van der Waals surface area contributed by atoms with Gasteiger partial charge in [0, 0.05) is 24.5 Å². The van der Waals surface area contributed by atoms with E-state index in [-0.39, 0.29) is 0 Å². The molecule has 0 saturated carbocycles. The van der Waals surface area contributed by atoms with Crippen molar-refractivity contribution in [1.82, 2.24) is 4.90 Å². The highest BCUT2D eigenvalue weighted by molar-refractivity contribution is 5.88. The van der Waals surface area contributed by atoms with Crippen molar-refractivity contribution in [2.75, 3.05) is 31.1 Å². The van der Waals surface area contributed by atoms with Gasteiger partial charge in [0.25, 0.3) is 0 Å². The van der Waals surface area contributed by atoms with Gasteiger partial charge >= 0.3 is 0 Å². The molecule has 0 radical (unpaired) electrons. The first-order valence-corrected chi connectivity index (χ1v) is 8.19. The van der Waals surface area contributed by atoms with E-state index in [0.29, 0.717) is 0 Å². The largest absolute Gasteiger partial charge is 0.339 e. The van der Waals surface area contributed by atoms with Crippen LogP contribution in [0.1, 0.15) is 25.0 Å². The van der Waals surface area contributed by atoms with Crippen molar-refractivity contribution < 1.29 is 0 Å². The van der Waals surface area contributed by atoms with Gasteiger partial charge < -0.3 is 9.80 Å². The molecule has 3 rings (SSSR count). The molecule has 2 aromatic carbocycles. The van der Waals surface area contributed by atoms with E-state index in [1.54, 1.807) is 0 Å². The Morgan fingerprint density at radius 1 is 0.773 bits per heavy atom. The first-order chi connectivity index (χ1) is 10.8. The molecule has 22 heavy (non-hydrogen) atoms. The summed E-state index contributed by atoms with van der Waals surface area (Å²) < 4.78 is 0. The minimum Gasteiger partial charge on any atom is -0.339 e. The molecule has 0 N–H and O–H groups in total. The van der Waals surface area contributed by atoms with Crippen LogP contribution in [-0.4, -0.2) is 31.1 Å². The monoisotopic (exact) mass is 292 g/mol. The molecule has 114 valence electrons. The van der Waals surface area contributed by atoms with E-state index < -0.39 is 0 Å². The second-order valence-electron chi connectivity index (χ2n) is 5.63. The summed E-state index contributed by atoms with van der Waals surface area (Å²) in [6.45, 7) is 8.76. The number of fused-ring (bicyclic) bond motifs is 2. The zero-order valence-electron chi connectivity index (χ0n) is 13.5. The molecule has 0 spiro atoms. The number of hydrogen-bond donors (Lipinski definition) is 0. The van der Waals surface area contributed by atoms with Crippen molar-refractivity contribution in [1.29, 1.82) is 0 Å². The van der Waals surface area contributed by atoms with Gasteiger partial charge in [0.1, 0.15) is 0 Å². The number of nitrogens with zero attached hydrogens (tertiary/aromatic N) is 2. The summed E-state index contributed by atoms with van der Waals surface area (Å²) in [6.07, 6.45) is 4.46. The Hall–Kier alpha value is -2.06. The summed E-state index contributed by atoms with van der Waals surface area (Å²) in [5.41, 5.74) is 5.18. The van der Waals surface area contributed by atoms with Gasteiger partial charge in [0.15, 0.2) is 0 Å². The van der Waals surface area contributed by atoms with Gasteiger partial charge in [-0.05, 0) is 36.3 Å². The molecular formula is C20H24N2. The van der Waals surface area contributed by atoms with Gasteiger partial charge in [-0.1, -0.05) is 62.4 Å². The van der Waals surface area contributed by atoms with Gasteiger partial charge in [0.2, 0.25) is 0 Å². The van der Waals surface area contributed by atoms with Gasteiger partial charge in [0.05, 0.1) is 0 Å². The summed E-state index contributed by atoms with van der Waals surface area (Å²) in [5.74, 6) is 0. The highest BCUT2D eigenvalue weighted by atomic mass is 15.2. The predicted molar refractivity (Wildman–Crippen MR) is 96.6 cm³/mol. The Kier molecular flexibility index (Phi) is 4.59. The maximum atomic E-state index is 2.48. The lowest BCUT2D eigenvalue weighted by Gasteiger charge is -2.29. The lowest BCUT2D eigenvalue weighted by molar-refractivity contribution is 0.312. The average molecular weight is 292 g/mol. The normalized spacial score (nSPS) is 13.0. The maximum Gasteiger partial charge on any atom is 0.0484 e. The van der Waals surface area contributed by atoms with E-state index in [9.17, 15) is 0 Å². The Labute approximate surface area is 133 Å². The lowest BCUT2D eigenvalue weighted by Crippen LogP contribution is -2.33. The van der Waals surface area contributed by atoms with Crippen molar-refractivity contribution in [3.63, 3.8) is 0 Å². The number of benzene rings is 2. The summed E-state index contributed by atoms with van der Waals surface area (Å²) in [6, 6.07) is 17.3. The molecule has 0 aliphatic carbocycles. The number of anilines is 2. The quantitative estimate of drug-likeness (QED) is 0.791. The smallest absolute Gasteiger partial charge is 0.0484 e. The van der Waals surface area contributed by atoms with Crippen LogP contribution in [0, 0.1) is 0 Å². The molecule has 0 atom stereocenters. The predicted octanol–water partition coefficient (Wildman–Crippen LogP) is 4.65. The van der Waals surface area contributed by atoms with E-state index in [2.05, 4.69) is 84.3 Å². The molecule has 1 aliphatic rings. The molecule has 1 heterocycles. The van der Waals surface area contributed by atoms with E-state index in [1.807, 2.05) is 0 Å². The Morgan fingerprint density at radius 3 is 1.77 bits per heavy atom. The molecule has 0 bridgehead atoms. The van der Waals surface area contributed by atoms with Crippen LogP contribution in [0.2, 0.25) is 0 Å². The summed E-state index contributed by atoms with van der Waals surface area (Å²) in [4.78, 5) is 4.94. The number of likely N-dealkylation sites (N-methyl/N-ethyl adjacent to an activating group) is 1. The number of hydrogen-bond acceptors (Lipinski definition) is 2. The number of rotatable bonds is 5. The SMILES string of the molecule is CCN(CC)CCN1c2ccccc2C=Cc2ccccc21. The number of para-hydroxylation sites is 2. The van der Waals surface area contributed by atoms with Crippen molar-refractivity contribution in [3.05, 3.63) is 59.7 Å². The fraction of sp³-hybridized carbons (Fsp3) is 0.300. The first-order valence-electron chi connectivity index (χ1n) is 8.19. The summed E-state index contributed by atoms with van der Waals surface area (Å²) >= 11 is 0. The Morgan fingerprint density at radius 2 is 1.27 bits per heavy atom. The molecule has 0 saturated heterocycles. The van der Waals surface area contributed by atoms with Gasteiger partial charge in [-0.2, -0.15) is 0 Å². The first kappa shape index (κ1) is 14.9. The molecule has 0 unspecified atom stereocenters. The van der Waals surface area contributed by atoms with Crippen molar-refractivity contribution in [3.8, 4) is 0 Å². The highest BCUT2D eigenvalue weighted by Gasteiger charge is 2.17. The summed E-state index contributed by atoms with van der Waals surface area (Å²) in [7, 11) is 0. The molecule has 1 aliphatic heterocycles. The average Bonchev–Trinajstić information content (AvgIpc) is 2.73. The molecule has 2 heteroatoms. The minimum atomic E-state index is 1.01. The van der Waals surface area contributed by atoms with E-state index in [4.69, 9.17) is 0 Å². The van der Waals surface area contributed by atoms with E-state index in [1.165, 1.54) is 22.5 Å². The van der Waals surface area contributed by atoms with Crippen molar-refractivity contribution in [2.24, 2.45) is 0 Å². The van der Waals surface area contributed by atoms with E-state index in [0.717, 1.165) is 26.2 Å². The van der Waals surface area contributed by atoms with Crippen molar-refractivity contribution in [2.45, 2.75) is 13.8 Å². The van der Waals surface area contributed by atoms with E-state index >= 15 is 0 Å². The van der Waals surface area contributed by atoms with Crippen LogP contribution in [0.4, 0.5) is 11.4 Å². The Balaban J connectivity index is 1.98. The van der Waals surface area contributed by atoms with Crippen LogP contribution in [-0.2, 0) is 0 Å². The fourth-order valence-corrected chi connectivity index (χ4v) is 3.08. The molecule has 0 amide bonds.